The second-order valence-corrected chi connectivity index (χ2v) is 4.11. The van der Waals surface area contributed by atoms with Crippen LogP contribution < -0.4 is 5.32 Å². The lowest BCUT2D eigenvalue weighted by Gasteiger charge is -2.12. The van der Waals surface area contributed by atoms with Gasteiger partial charge in [-0.3, -0.25) is 4.79 Å². The molecule has 17 heavy (non-hydrogen) atoms. The van der Waals surface area contributed by atoms with Gasteiger partial charge in [0.05, 0.1) is 6.42 Å². The quantitative estimate of drug-likeness (QED) is 0.844. The number of halogens is 1. The molecule has 0 aromatic heterocycles. The topological polar surface area (TPSA) is 66.4 Å². The fourth-order valence-electron chi connectivity index (χ4n) is 1.42. The maximum atomic E-state index is 11.6. The number of benzene rings is 1. The molecule has 0 aliphatic heterocycles. The molecule has 0 fully saturated rings. The fraction of sp³-hybridized carbons (Fsp3) is 0.333. The molecule has 0 radical (unpaired) electrons. The van der Waals surface area contributed by atoms with Gasteiger partial charge in [0.15, 0.2) is 0 Å². The smallest absolute Gasteiger partial charge is 0.326 e. The first-order valence-corrected chi connectivity index (χ1v) is 5.67. The van der Waals surface area contributed by atoms with Gasteiger partial charge in [-0.2, -0.15) is 0 Å². The van der Waals surface area contributed by atoms with Gasteiger partial charge >= 0.3 is 5.97 Å². The predicted octanol–water partition coefficient (Wildman–Crippen LogP) is 1.86. The highest BCUT2D eigenvalue weighted by molar-refractivity contribution is 6.30. The number of hydrogen-bond acceptors (Lipinski definition) is 2. The van der Waals surface area contributed by atoms with Crippen molar-refractivity contribution in [1.82, 2.24) is 5.32 Å². The van der Waals surface area contributed by atoms with Crippen LogP contribution >= 0.6 is 11.6 Å². The van der Waals surface area contributed by atoms with E-state index in [0.717, 1.165) is 5.56 Å². The largest absolute Gasteiger partial charge is 0.480 e. The highest BCUT2D eigenvalue weighted by Crippen LogP contribution is 2.11. The standard InChI is InChI=1S/C12H14ClNO3/c1-2-10(12(16)17)14-11(15)7-8-4-3-5-9(13)6-8/h3-6,10H,2,7H2,1H3,(H,14,15)(H,16,17)/t10-/m1/s1. The van der Waals surface area contributed by atoms with Crippen molar-refractivity contribution < 1.29 is 14.7 Å². The number of rotatable bonds is 5. The van der Waals surface area contributed by atoms with Crippen LogP contribution in [0.2, 0.25) is 5.02 Å². The van der Waals surface area contributed by atoms with E-state index >= 15 is 0 Å². The Morgan fingerprint density at radius 2 is 2.18 bits per heavy atom. The minimum atomic E-state index is -1.02. The summed E-state index contributed by atoms with van der Waals surface area (Å²) in [7, 11) is 0. The van der Waals surface area contributed by atoms with Gasteiger partial charge < -0.3 is 10.4 Å². The molecule has 1 atom stereocenters. The highest BCUT2D eigenvalue weighted by atomic mass is 35.5. The van der Waals surface area contributed by atoms with Crippen LogP contribution in [-0.4, -0.2) is 23.0 Å². The Bertz CT molecular complexity index is 420. The van der Waals surface area contributed by atoms with Crippen molar-refractivity contribution in [2.24, 2.45) is 0 Å². The monoisotopic (exact) mass is 255 g/mol. The van der Waals surface area contributed by atoms with Crippen LogP contribution in [0.25, 0.3) is 0 Å². The molecule has 0 unspecified atom stereocenters. The van der Waals surface area contributed by atoms with Crippen LogP contribution in [0.4, 0.5) is 0 Å². The number of carboxylic acids is 1. The lowest BCUT2D eigenvalue weighted by molar-refractivity contribution is -0.141. The Labute approximate surface area is 105 Å². The van der Waals surface area contributed by atoms with E-state index in [1.165, 1.54) is 0 Å². The third kappa shape index (κ3) is 4.44. The Kier molecular flexibility index (Phi) is 4.97. The van der Waals surface area contributed by atoms with Crippen molar-refractivity contribution >= 4 is 23.5 Å². The van der Waals surface area contributed by atoms with Gasteiger partial charge in [-0.15, -0.1) is 0 Å². The van der Waals surface area contributed by atoms with Crippen LogP contribution in [-0.2, 0) is 16.0 Å². The van der Waals surface area contributed by atoms with Gasteiger partial charge in [-0.25, -0.2) is 4.79 Å². The molecular weight excluding hydrogens is 242 g/mol. The van der Waals surface area contributed by atoms with Gasteiger partial charge in [0.1, 0.15) is 6.04 Å². The van der Waals surface area contributed by atoms with E-state index in [9.17, 15) is 9.59 Å². The number of nitrogens with one attached hydrogen (secondary N) is 1. The van der Waals surface area contributed by atoms with Crippen LogP contribution in [0.1, 0.15) is 18.9 Å². The first-order chi connectivity index (χ1) is 8.02. The van der Waals surface area contributed by atoms with Gasteiger partial charge in [-0.1, -0.05) is 30.7 Å². The molecule has 0 aliphatic rings. The van der Waals surface area contributed by atoms with Crippen molar-refractivity contribution in [3.63, 3.8) is 0 Å². The summed E-state index contributed by atoms with van der Waals surface area (Å²) in [5, 5.41) is 11.8. The zero-order chi connectivity index (χ0) is 12.8. The molecule has 1 amide bonds. The molecule has 0 heterocycles. The van der Waals surface area contributed by atoms with E-state index < -0.39 is 12.0 Å². The van der Waals surface area contributed by atoms with E-state index in [4.69, 9.17) is 16.7 Å². The Balaban J connectivity index is 2.58. The van der Waals surface area contributed by atoms with Gasteiger partial charge in [0.25, 0.3) is 0 Å². The third-order valence-corrected chi connectivity index (χ3v) is 2.53. The van der Waals surface area contributed by atoms with Crippen molar-refractivity contribution in [3.05, 3.63) is 34.9 Å². The van der Waals surface area contributed by atoms with Crippen molar-refractivity contribution in [1.29, 1.82) is 0 Å². The summed E-state index contributed by atoms with van der Waals surface area (Å²) < 4.78 is 0. The first-order valence-electron chi connectivity index (χ1n) is 5.29. The SMILES string of the molecule is CC[C@@H](NC(=O)Cc1cccc(Cl)c1)C(=O)O. The maximum absolute atomic E-state index is 11.6. The molecule has 1 aromatic carbocycles. The van der Waals surface area contributed by atoms with E-state index in [1.807, 2.05) is 0 Å². The summed E-state index contributed by atoms with van der Waals surface area (Å²) in [6.07, 6.45) is 0.487. The summed E-state index contributed by atoms with van der Waals surface area (Å²) >= 11 is 5.79. The van der Waals surface area contributed by atoms with E-state index in [2.05, 4.69) is 5.32 Å². The zero-order valence-corrected chi connectivity index (χ0v) is 10.2. The van der Waals surface area contributed by atoms with E-state index in [0.29, 0.717) is 11.4 Å². The second-order valence-electron chi connectivity index (χ2n) is 3.67. The number of amides is 1. The second kappa shape index (κ2) is 6.25. The van der Waals surface area contributed by atoms with Crippen molar-refractivity contribution in [2.45, 2.75) is 25.8 Å². The van der Waals surface area contributed by atoms with Crippen LogP contribution in [0.15, 0.2) is 24.3 Å². The van der Waals surface area contributed by atoms with Gasteiger partial charge in [-0.05, 0) is 24.1 Å². The first kappa shape index (κ1) is 13.5. The van der Waals surface area contributed by atoms with Crippen LogP contribution in [0.5, 0.6) is 0 Å². The zero-order valence-electron chi connectivity index (χ0n) is 9.44. The molecule has 4 nitrogen and oxygen atoms in total. The lowest BCUT2D eigenvalue weighted by atomic mass is 10.1. The molecule has 2 N–H and O–H groups in total. The number of aliphatic carboxylic acids is 1. The molecular formula is C12H14ClNO3. The Hall–Kier alpha value is -1.55. The Morgan fingerprint density at radius 3 is 2.71 bits per heavy atom. The van der Waals surface area contributed by atoms with Crippen molar-refractivity contribution in [2.75, 3.05) is 0 Å². The average molecular weight is 256 g/mol. The summed E-state index contributed by atoms with van der Waals surface area (Å²) in [5.74, 6) is -1.34. The van der Waals surface area contributed by atoms with E-state index in [1.54, 1.807) is 31.2 Å². The fourth-order valence-corrected chi connectivity index (χ4v) is 1.63. The minimum Gasteiger partial charge on any atom is -0.480 e. The highest BCUT2D eigenvalue weighted by Gasteiger charge is 2.17. The molecule has 0 bridgehead atoms. The summed E-state index contributed by atoms with van der Waals surface area (Å²) in [6.45, 7) is 1.71. The number of carboxylic acid groups (broad SMARTS) is 1. The van der Waals surface area contributed by atoms with Crippen LogP contribution in [0.3, 0.4) is 0 Å². The molecule has 0 saturated heterocycles. The van der Waals surface area contributed by atoms with Crippen LogP contribution in [0, 0.1) is 0 Å². The van der Waals surface area contributed by atoms with E-state index in [-0.39, 0.29) is 12.3 Å². The maximum Gasteiger partial charge on any atom is 0.326 e. The predicted molar refractivity (Wildman–Crippen MR) is 65.0 cm³/mol. The normalized spacial score (nSPS) is 11.9. The average Bonchev–Trinajstić information content (AvgIpc) is 2.25. The molecule has 92 valence electrons. The molecule has 0 saturated carbocycles. The van der Waals surface area contributed by atoms with Gasteiger partial charge in [0.2, 0.25) is 5.91 Å². The summed E-state index contributed by atoms with van der Waals surface area (Å²) in [5.41, 5.74) is 0.759. The molecule has 1 rings (SSSR count). The number of hydrogen-bond donors (Lipinski definition) is 2. The number of carbonyl (C=O) groups excluding carboxylic acids is 1. The third-order valence-electron chi connectivity index (χ3n) is 2.30. The minimum absolute atomic E-state index is 0.129. The molecule has 0 aliphatic carbocycles. The summed E-state index contributed by atoms with van der Waals surface area (Å²) in [6, 6.07) is 6.09. The lowest BCUT2D eigenvalue weighted by Crippen LogP contribution is -2.40. The number of carbonyl (C=O) groups is 2. The summed E-state index contributed by atoms with van der Waals surface area (Å²) in [4.78, 5) is 22.3. The van der Waals surface area contributed by atoms with Crippen molar-refractivity contribution in [3.8, 4) is 0 Å². The molecule has 0 spiro atoms. The Morgan fingerprint density at radius 1 is 1.47 bits per heavy atom. The molecule has 1 aromatic rings. The molecule has 5 heteroatoms. The van der Waals surface area contributed by atoms with Gasteiger partial charge in [0, 0.05) is 5.02 Å².